The third-order valence-corrected chi connectivity index (χ3v) is 4.64. The van der Waals surface area contributed by atoms with Crippen LogP contribution in [0.4, 0.5) is 0 Å². The van der Waals surface area contributed by atoms with E-state index in [4.69, 9.17) is 4.52 Å². The van der Waals surface area contributed by atoms with Crippen molar-refractivity contribution in [2.24, 2.45) is 5.92 Å². The summed E-state index contributed by atoms with van der Waals surface area (Å²) in [6.45, 7) is 7.32. The Balaban J connectivity index is 1.79. The minimum absolute atomic E-state index is 0.197. The summed E-state index contributed by atoms with van der Waals surface area (Å²) in [6.07, 6.45) is 2.47. The maximum absolute atomic E-state index is 11.6. The minimum atomic E-state index is -0.949. The molecule has 1 aliphatic rings. The highest BCUT2D eigenvalue weighted by Crippen LogP contribution is 2.28. The second-order valence-electron chi connectivity index (χ2n) is 7.20. The number of fused-ring (bicyclic) bond motifs is 1. The zero-order chi connectivity index (χ0) is 18.1. The quantitative estimate of drug-likeness (QED) is 0.852. The lowest BCUT2D eigenvalue weighted by atomic mass is 9.90. The Morgan fingerprint density at radius 2 is 2.24 bits per heavy atom. The van der Waals surface area contributed by atoms with E-state index in [9.17, 15) is 9.90 Å². The average molecular weight is 347 g/mol. The van der Waals surface area contributed by atoms with Crippen LogP contribution in [0.1, 0.15) is 53.7 Å². The molecule has 0 saturated heterocycles. The van der Waals surface area contributed by atoms with Crippen LogP contribution in [0.2, 0.25) is 0 Å². The number of carbonyl (C=O) groups is 1. The number of aryl methyl sites for hydroxylation is 1. The fourth-order valence-corrected chi connectivity index (χ4v) is 3.46. The van der Waals surface area contributed by atoms with Crippen molar-refractivity contribution >= 4 is 5.97 Å². The lowest BCUT2D eigenvalue weighted by Gasteiger charge is -2.30. The summed E-state index contributed by atoms with van der Waals surface area (Å²) < 4.78 is 7.08. The Hall–Kier alpha value is -2.22. The summed E-state index contributed by atoms with van der Waals surface area (Å²) in [4.78, 5) is 18.0. The van der Waals surface area contributed by atoms with Gasteiger partial charge in [0, 0.05) is 23.8 Å². The first kappa shape index (κ1) is 17.6. The standard InChI is InChI=1S/C17H25N5O3/c1-10(2)8-22-14-6-5-12(7-13(14)16(19-22)17(23)24)21(4)9-15-18-11(3)20-25-15/h10,12H,5-9H2,1-4H3,(H,23,24)/t12-/m0/s1. The van der Waals surface area contributed by atoms with Gasteiger partial charge < -0.3 is 9.63 Å². The van der Waals surface area contributed by atoms with E-state index in [0.29, 0.717) is 30.6 Å². The number of hydrogen-bond acceptors (Lipinski definition) is 6. The number of hydrogen-bond donors (Lipinski definition) is 1. The molecule has 0 aromatic carbocycles. The Kier molecular flexibility index (Phi) is 4.89. The number of carboxylic acid groups (broad SMARTS) is 1. The van der Waals surface area contributed by atoms with Crippen molar-refractivity contribution in [3.8, 4) is 0 Å². The smallest absolute Gasteiger partial charge is 0.356 e. The van der Waals surface area contributed by atoms with Crippen LogP contribution >= 0.6 is 0 Å². The summed E-state index contributed by atoms with van der Waals surface area (Å²) in [6, 6.07) is 0.231. The second kappa shape index (κ2) is 6.95. The van der Waals surface area contributed by atoms with Gasteiger partial charge in [-0.15, -0.1) is 0 Å². The van der Waals surface area contributed by atoms with Crippen molar-refractivity contribution < 1.29 is 14.4 Å². The molecule has 25 heavy (non-hydrogen) atoms. The van der Waals surface area contributed by atoms with Crippen LogP contribution in [-0.4, -0.2) is 49.0 Å². The first-order valence-electron chi connectivity index (χ1n) is 8.66. The summed E-state index contributed by atoms with van der Waals surface area (Å²) in [5.41, 5.74) is 2.14. The van der Waals surface area contributed by atoms with E-state index in [1.165, 1.54) is 0 Å². The fourth-order valence-electron chi connectivity index (χ4n) is 3.46. The van der Waals surface area contributed by atoms with Crippen LogP contribution in [0.3, 0.4) is 0 Å². The lowest BCUT2D eigenvalue weighted by molar-refractivity contribution is 0.0687. The van der Waals surface area contributed by atoms with Gasteiger partial charge >= 0.3 is 5.97 Å². The molecule has 2 heterocycles. The number of carboxylic acids is 1. The first-order chi connectivity index (χ1) is 11.8. The van der Waals surface area contributed by atoms with Gasteiger partial charge in [0.05, 0.1) is 6.54 Å². The van der Waals surface area contributed by atoms with Gasteiger partial charge in [0.1, 0.15) is 0 Å². The molecule has 2 aromatic heterocycles. The molecule has 136 valence electrons. The molecule has 1 N–H and O–H groups in total. The highest BCUT2D eigenvalue weighted by Gasteiger charge is 2.31. The monoisotopic (exact) mass is 347 g/mol. The third-order valence-electron chi connectivity index (χ3n) is 4.64. The molecule has 2 aromatic rings. The van der Waals surface area contributed by atoms with Crippen LogP contribution in [0.25, 0.3) is 0 Å². The van der Waals surface area contributed by atoms with E-state index in [2.05, 4.69) is 34.0 Å². The number of aromatic nitrogens is 4. The molecule has 0 bridgehead atoms. The predicted molar refractivity (Wildman–Crippen MR) is 90.3 cm³/mol. The van der Waals surface area contributed by atoms with Crippen LogP contribution in [0.5, 0.6) is 0 Å². The average Bonchev–Trinajstić information content (AvgIpc) is 3.10. The van der Waals surface area contributed by atoms with E-state index in [0.717, 1.165) is 30.6 Å². The van der Waals surface area contributed by atoms with Gasteiger partial charge in [-0.05, 0) is 39.2 Å². The maximum Gasteiger partial charge on any atom is 0.356 e. The SMILES string of the molecule is Cc1noc(CN(C)[C@H]2CCc3c(c(C(=O)O)nn3CC(C)C)C2)n1. The van der Waals surface area contributed by atoms with Crippen LogP contribution < -0.4 is 0 Å². The molecular weight excluding hydrogens is 322 g/mol. The van der Waals surface area contributed by atoms with Gasteiger partial charge in [-0.3, -0.25) is 9.58 Å². The Labute approximate surface area is 146 Å². The van der Waals surface area contributed by atoms with E-state index in [1.54, 1.807) is 6.92 Å². The molecule has 8 heteroatoms. The highest BCUT2D eigenvalue weighted by molar-refractivity contribution is 5.87. The molecule has 0 radical (unpaired) electrons. The maximum atomic E-state index is 11.6. The van der Waals surface area contributed by atoms with Gasteiger partial charge in [-0.2, -0.15) is 10.1 Å². The van der Waals surface area contributed by atoms with E-state index < -0.39 is 5.97 Å². The summed E-state index contributed by atoms with van der Waals surface area (Å²) in [5, 5.41) is 17.7. The number of nitrogens with zero attached hydrogens (tertiary/aromatic N) is 5. The van der Waals surface area contributed by atoms with Crippen LogP contribution in [0.15, 0.2) is 4.52 Å². The zero-order valence-corrected chi connectivity index (χ0v) is 15.2. The van der Waals surface area contributed by atoms with Gasteiger partial charge in [-0.25, -0.2) is 4.79 Å². The van der Waals surface area contributed by atoms with Crippen molar-refractivity contribution in [3.63, 3.8) is 0 Å². The topological polar surface area (TPSA) is 97.3 Å². The van der Waals surface area contributed by atoms with E-state index in [-0.39, 0.29) is 11.7 Å². The van der Waals surface area contributed by atoms with Gasteiger partial charge in [-0.1, -0.05) is 19.0 Å². The largest absolute Gasteiger partial charge is 0.476 e. The normalized spacial score (nSPS) is 17.3. The fraction of sp³-hybridized carbons (Fsp3) is 0.647. The number of aromatic carboxylic acids is 1. The molecule has 0 amide bonds. The highest BCUT2D eigenvalue weighted by atomic mass is 16.5. The number of rotatable bonds is 6. The molecule has 0 saturated carbocycles. The van der Waals surface area contributed by atoms with Gasteiger partial charge in [0.25, 0.3) is 0 Å². The Morgan fingerprint density at radius 1 is 1.48 bits per heavy atom. The van der Waals surface area contributed by atoms with Crippen molar-refractivity contribution in [1.82, 2.24) is 24.8 Å². The van der Waals surface area contributed by atoms with Crippen molar-refractivity contribution in [3.05, 3.63) is 28.7 Å². The Morgan fingerprint density at radius 3 is 2.84 bits per heavy atom. The summed E-state index contributed by atoms with van der Waals surface area (Å²) >= 11 is 0. The molecule has 8 nitrogen and oxygen atoms in total. The number of likely N-dealkylation sites (N-methyl/N-ethyl adjacent to an activating group) is 1. The molecule has 0 spiro atoms. The van der Waals surface area contributed by atoms with E-state index in [1.807, 2.05) is 11.7 Å². The van der Waals surface area contributed by atoms with Crippen molar-refractivity contribution in [2.75, 3.05) is 7.05 Å². The molecule has 1 atom stereocenters. The second-order valence-corrected chi connectivity index (χ2v) is 7.20. The van der Waals surface area contributed by atoms with Crippen LogP contribution in [0, 0.1) is 12.8 Å². The molecule has 1 aliphatic carbocycles. The van der Waals surface area contributed by atoms with Crippen molar-refractivity contribution in [1.29, 1.82) is 0 Å². The first-order valence-corrected chi connectivity index (χ1v) is 8.66. The lowest BCUT2D eigenvalue weighted by Crippen LogP contribution is -2.36. The van der Waals surface area contributed by atoms with Gasteiger partial charge in [0.2, 0.25) is 5.89 Å². The molecule has 0 unspecified atom stereocenters. The zero-order valence-electron chi connectivity index (χ0n) is 15.2. The van der Waals surface area contributed by atoms with Crippen molar-refractivity contribution in [2.45, 2.75) is 59.2 Å². The minimum Gasteiger partial charge on any atom is -0.476 e. The van der Waals surface area contributed by atoms with Gasteiger partial charge in [0.15, 0.2) is 11.5 Å². The van der Waals surface area contributed by atoms with E-state index >= 15 is 0 Å². The molecule has 3 rings (SSSR count). The summed E-state index contributed by atoms with van der Waals surface area (Å²) in [5.74, 6) is 0.679. The predicted octanol–water partition coefficient (Wildman–Crippen LogP) is 1.92. The summed E-state index contributed by atoms with van der Waals surface area (Å²) in [7, 11) is 2.01. The Bertz CT molecular complexity index is 764. The molecule has 0 fully saturated rings. The molecule has 0 aliphatic heterocycles. The third kappa shape index (κ3) is 3.73. The molecular formula is C17H25N5O3. The van der Waals surface area contributed by atoms with Crippen LogP contribution in [-0.2, 0) is 25.9 Å².